The van der Waals surface area contributed by atoms with Crippen LogP contribution in [0.1, 0.15) is 22.2 Å². The number of benzene rings is 2. The van der Waals surface area contributed by atoms with Gasteiger partial charge < -0.3 is 19.4 Å². The van der Waals surface area contributed by atoms with E-state index in [1.54, 1.807) is 19.2 Å². The van der Waals surface area contributed by atoms with Crippen molar-refractivity contribution in [2.75, 3.05) is 27.7 Å². The number of carbonyl (C=O) groups excluding carboxylic acids is 1. The minimum Gasteiger partial charge on any atom is -0.496 e. The van der Waals surface area contributed by atoms with Crippen LogP contribution in [0.25, 0.3) is 11.0 Å². The summed E-state index contributed by atoms with van der Waals surface area (Å²) in [5.74, 6) is 0.234. The van der Waals surface area contributed by atoms with E-state index >= 15 is 0 Å². The number of fused-ring (bicyclic) bond motifs is 1. The molecule has 0 saturated heterocycles. The molecule has 0 fully saturated rings. The molecule has 8 heteroatoms. The predicted octanol–water partition coefficient (Wildman–Crippen LogP) is 3.91. The van der Waals surface area contributed by atoms with Gasteiger partial charge >= 0.3 is 0 Å². The Morgan fingerprint density at radius 2 is 1.93 bits per heavy atom. The van der Waals surface area contributed by atoms with Gasteiger partial charge in [0, 0.05) is 23.2 Å². The molecule has 1 heterocycles. The number of methoxy groups -OCH3 is 1. The molecule has 1 N–H and O–H groups in total. The molecule has 1 atom stereocenters. The monoisotopic (exact) mass is 436 g/mol. The largest absolute Gasteiger partial charge is 0.496 e. The van der Waals surface area contributed by atoms with Crippen molar-refractivity contribution in [1.82, 2.24) is 10.2 Å². The molecule has 0 saturated carbocycles. The van der Waals surface area contributed by atoms with Crippen LogP contribution in [0.4, 0.5) is 0 Å². The number of nitrogens with one attached hydrogen (secondary N) is 1. The third-order valence-corrected chi connectivity index (χ3v) is 4.73. The van der Waals surface area contributed by atoms with Gasteiger partial charge in [0.15, 0.2) is 11.2 Å². The quantitative estimate of drug-likeness (QED) is 0.633. The fourth-order valence-electron chi connectivity index (χ4n) is 3.03. The number of para-hydroxylation sites is 1. The minimum absolute atomic E-state index is 0. The number of halogens is 2. The van der Waals surface area contributed by atoms with Crippen molar-refractivity contribution in [3.05, 3.63) is 75.1 Å². The highest BCUT2D eigenvalue weighted by Gasteiger charge is 2.20. The summed E-state index contributed by atoms with van der Waals surface area (Å²) >= 11 is 5.92. The number of rotatable bonds is 6. The average molecular weight is 437 g/mol. The maximum Gasteiger partial charge on any atom is 0.287 e. The summed E-state index contributed by atoms with van der Waals surface area (Å²) in [4.78, 5) is 26.9. The molecule has 0 aliphatic heterocycles. The zero-order chi connectivity index (χ0) is 20.3. The summed E-state index contributed by atoms with van der Waals surface area (Å²) in [6.07, 6.45) is 0. The minimum atomic E-state index is -0.462. The van der Waals surface area contributed by atoms with Gasteiger partial charge in [0.1, 0.15) is 11.3 Å². The number of ether oxygens (including phenoxy) is 1. The van der Waals surface area contributed by atoms with Crippen LogP contribution in [0.2, 0.25) is 5.02 Å². The Morgan fingerprint density at radius 1 is 1.21 bits per heavy atom. The normalized spacial score (nSPS) is 11.8. The van der Waals surface area contributed by atoms with Crippen LogP contribution >= 0.6 is 24.0 Å². The number of hydrogen-bond donors (Lipinski definition) is 1. The average Bonchev–Trinajstić information content (AvgIpc) is 2.68. The molecule has 0 radical (unpaired) electrons. The van der Waals surface area contributed by atoms with Crippen molar-refractivity contribution in [3.63, 3.8) is 0 Å². The SMILES string of the molecule is COc1ccccc1C(CNC(=O)c1cc(=O)c2cc(Cl)ccc2o1)N(C)C.Cl. The van der Waals surface area contributed by atoms with Crippen molar-refractivity contribution >= 4 is 40.9 Å². The molecule has 3 rings (SSSR count). The van der Waals surface area contributed by atoms with Gasteiger partial charge in [-0.1, -0.05) is 29.8 Å². The van der Waals surface area contributed by atoms with E-state index in [0.29, 0.717) is 22.5 Å². The van der Waals surface area contributed by atoms with Crippen molar-refractivity contribution in [2.45, 2.75) is 6.04 Å². The van der Waals surface area contributed by atoms with E-state index in [2.05, 4.69) is 5.32 Å². The molecule has 1 amide bonds. The maximum absolute atomic E-state index is 12.6. The lowest BCUT2D eigenvalue weighted by Crippen LogP contribution is -2.35. The van der Waals surface area contributed by atoms with Gasteiger partial charge in [-0.3, -0.25) is 9.59 Å². The molecular weight excluding hydrogens is 415 g/mol. The van der Waals surface area contributed by atoms with Gasteiger partial charge in [0.05, 0.1) is 18.5 Å². The zero-order valence-corrected chi connectivity index (χ0v) is 17.8. The van der Waals surface area contributed by atoms with Crippen molar-refractivity contribution in [3.8, 4) is 5.75 Å². The van der Waals surface area contributed by atoms with Gasteiger partial charge in [-0.25, -0.2) is 0 Å². The summed E-state index contributed by atoms with van der Waals surface area (Å²) in [5, 5.41) is 3.61. The van der Waals surface area contributed by atoms with Crippen LogP contribution in [0.5, 0.6) is 5.75 Å². The highest BCUT2D eigenvalue weighted by atomic mass is 35.5. The Morgan fingerprint density at radius 3 is 2.62 bits per heavy atom. The Hall–Kier alpha value is -2.54. The lowest BCUT2D eigenvalue weighted by atomic mass is 10.0. The molecule has 6 nitrogen and oxygen atoms in total. The lowest BCUT2D eigenvalue weighted by molar-refractivity contribution is 0.0914. The van der Waals surface area contributed by atoms with Crippen LogP contribution in [-0.4, -0.2) is 38.6 Å². The van der Waals surface area contributed by atoms with Gasteiger partial charge in [-0.15, -0.1) is 12.4 Å². The number of hydrogen-bond acceptors (Lipinski definition) is 5. The molecule has 0 aliphatic carbocycles. The first kappa shape index (κ1) is 22.7. The van der Waals surface area contributed by atoms with Crippen molar-refractivity contribution in [1.29, 1.82) is 0 Å². The number of carbonyl (C=O) groups is 1. The Bertz CT molecular complexity index is 1070. The standard InChI is InChI=1S/C21H21ClN2O4.ClH/c1-24(2)16(14-6-4-5-7-18(14)27-3)12-23-21(26)20-11-17(25)15-10-13(22)8-9-19(15)28-20;/h4-11,16H,12H2,1-3H3,(H,23,26);1H. The summed E-state index contributed by atoms with van der Waals surface area (Å²) in [7, 11) is 5.45. The molecule has 0 spiro atoms. The smallest absolute Gasteiger partial charge is 0.287 e. The molecule has 29 heavy (non-hydrogen) atoms. The second kappa shape index (κ2) is 9.78. The third-order valence-electron chi connectivity index (χ3n) is 4.49. The molecular formula is C21H22Cl2N2O4. The summed E-state index contributed by atoms with van der Waals surface area (Å²) < 4.78 is 11.0. The second-order valence-corrected chi connectivity index (χ2v) is 6.98. The van der Waals surface area contributed by atoms with Gasteiger partial charge in [0.25, 0.3) is 5.91 Å². The third kappa shape index (κ3) is 5.09. The van der Waals surface area contributed by atoms with Crippen LogP contribution in [0.15, 0.2) is 57.7 Å². The first-order chi connectivity index (χ1) is 13.4. The van der Waals surface area contributed by atoms with Crippen molar-refractivity contribution in [2.24, 2.45) is 0 Å². The van der Waals surface area contributed by atoms with E-state index < -0.39 is 5.91 Å². The first-order valence-corrected chi connectivity index (χ1v) is 9.09. The van der Waals surface area contributed by atoms with Crippen LogP contribution in [-0.2, 0) is 0 Å². The Labute approximate surface area is 179 Å². The van der Waals surface area contributed by atoms with E-state index in [9.17, 15) is 9.59 Å². The second-order valence-electron chi connectivity index (χ2n) is 6.55. The first-order valence-electron chi connectivity index (χ1n) is 8.71. The predicted molar refractivity (Wildman–Crippen MR) is 116 cm³/mol. The molecule has 0 aliphatic rings. The Balaban J connectivity index is 0.00000300. The van der Waals surface area contributed by atoms with Crippen LogP contribution < -0.4 is 15.5 Å². The molecule has 1 aromatic heterocycles. The molecule has 3 aromatic rings. The van der Waals surface area contributed by atoms with Gasteiger partial charge in [0.2, 0.25) is 0 Å². The summed E-state index contributed by atoms with van der Waals surface area (Å²) in [6, 6.07) is 13.4. The fraction of sp³-hybridized carbons (Fsp3) is 0.238. The highest BCUT2D eigenvalue weighted by Crippen LogP contribution is 2.27. The van der Waals surface area contributed by atoms with E-state index in [1.807, 2.05) is 43.3 Å². The van der Waals surface area contributed by atoms with E-state index in [0.717, 1.165) is 11.3 Å². The molecule has 1 unspecified atom stereocenters. The number of likely N-dealkylation sites (N-methyl/N-ethyl adjacent to an activating group) is 1. The van der Waals surface area contributed by atoms with Crippen LogP contribution in [0.3, 0.4) is 0 Å². The van der Waals surface area contributed by atoms with E-state index in [1.165, 1.54) is 12.1 Å². The Kier molecular flexibility index (Phi) is 7.67. The topological polar surface area (TPSA) is 71.8 Å². The van der Waals surface area contributed by atoms with Crippen molar-refractivity contribution < 1.29 is 13.9 Å². The van der Waals surface area contributed by atoms with Gasteiger partial charge in [-0.2, -0.15) is 0 Å². The van der Waals surface area contributed by atoms with E-state index in [-0.39, 0.29) is 29.6 Å². The van der Waals surface area contributed by atoms with Gasteiger partial charge in [-0.05, 0) is 38.4 Å². The summed E-state index contributed by atoms with van der Waals surface area (Å²) in [6.45, 7) is 0.314. The summed E-state index contributed by atoms with van der Waals surface area (Å²) in [5.41, 5.74) is 0.948. The maximum atomic E-state index is 12.6. The molecule has 0 bridgehead atoms. The lowest BCUT2D eigenvalue weighted by Gasteiger charge is -2.26. The number of amides is 1. The van der Waals surface area contributed by atoms with Crippen LogP contribution in [0, 0.1) is 0 Å². The number of nitrogens with zero attached hydrogens (tertiary/aromatic N) is 1. The molecule has 154 valence electrons. The highest BCUT2D eigenvalue weighted by molar-refractivity contribution is 6.31. The zero-order valence-electron chi connectivity index (χ0n) is 16.3. The fourth-order valence-corrected chi connectivity index (χ4v) is 3.20. The van der Waals surface area contributed by atoms with E-state index in [4.69, 9.17) is 20.8 Å². The molecule has 2 aromatic carbocycles.